The highest BCUT2D eigenvalue weighted by Gasteiger charge is 2.19. The Kier molecular flexibility index (Phi) is 7.20. The number of aliphatic hydroxyl groups is 1. The highest BCUT2D eigenvalue weighted by molar-refractivity contribution is 5.82. The van der Waals surface area contributed by atoms with Crippen molar-refractivity contribution in [1.29, 1.82) is 0 Å². The van der Waals surface area contributed by atoms with Crippen LogP contribution in [0.1, 0.15) is 32.1 Å². The van der Waals surface area contributed by atoms with Gasteiger partial charge in [-0.3, -0.25) is 0 Å². The van der Waals surface area contributed by atoms with Crippen LogP contribution in [0.2, 0.25) is 0 Å². The monoisotopic (exact) mass is 274 g/mol. The molecule has 4 N–H and O–H groups in total. The van der Waals surface area contributed by atoms with Crippen LogP contribution in [0.4, 0.5) is 4.79 Å². The van der Waals surface area contributed by atoms with E-state index in [1.165, 1.54) is 0 Å². The number of urea groups is 1. The van der Waals surface area contributed by atoms with Gasteiger partial charge in [0.25, 0.3) is 0 Å². The quantitative estimate of drug-likeness (QED) is 0.526. The molecule has 1 aliphatic heterocycles. The van der Waals surface area contributed by atoms with Gasteiger partial charge in [0.2, 0.25) is 0 Å². The molecule has 0 aromatic heterocycles. The fourth-order valence-electron chi connectivity index (χ4n) is 1.98. The third-order valence-electron chi connectivity index (χ3n) is 3.05. The lowest BCUT2D eigenvalue weighted by Gasteiger charge is -2.22. The molecule has 0 spiro atoms. The Morgan fingerprint density at radius 2 is 2.16 bits per heavy atom. The van der Waals surface area contributed by atoms with E-state index < -0.39 is 18.0 Å². The molecule has 110 valence electrons. The number of aliphatic carboxylic acids is 1. The van der Waals surface area contributed by atoms with Gasteiger partial charge in [0, 0.05) is 26.2 Å². The number of hydrogen-bond donors (Lipinski definition) is 4. The van der Waals surface area contributed by atoms with Crippen molar-refractivity contribution in [3.05, 3.63) is 0 Å². The van der Waals surface area contributed by atoms with Crippen LogP contribution in [0.5, 0.6) is 0 Å². The predicted octanol–water partition coefficient (Wildman–Crippen LogP) is 0.0804. The third kappa shape index (κ3) is 6.40. The number of nitrogens with one attached hydrogen (secondary N) is 2. The summed E-state index contributed by atoms with van der Waals surface area (Å²) in [5.41, 5.74) is 0. The molecular formula is C12H22N2O5. The SMILES string of the molecule is O=C(NCCC1CCCCO1)N[C@@H](CCO)C(=O)O. The number of hydrogen-bond acceptors (Lipinski definition) is 4. The van der Waals surface area contributed by atoms with Crippen molar-refractivity contribution >= 4 is 12.0 Å². The van der Waals surface area contributed by atoms with Crippen LogP contribution < -0.4 is 10.6 Å². The van der Waals surface area contributed by atoms with Crippen LogP contribution in [-0.2, 0) is 9.53 Å². The Morgan fingerprint density at radius 3 is 2.74 bits per heavy atom. The number of carbonyl (C=O) groups excluding carboxylic acids is 1. The van der Waals surface area contributed by atoms with Gasteiger partial charge in [-0.1, -0.05) is 0 Å². The highest BCUT2D eigenvalue weighted by atomic mass is 16.5. The topological polar surface area (TPSA) is 108 Å². The minimum absolute atomic E-state index is 0.00547. The summed E-state index contributed by atoms with van der Waals surface area (Å²) < 4.78 is 5.52. The molecule has 1 saturated heterocycles. The Hall–Kier alpha value is -1.34. The molecule has 19 heavy (non-hydrogen) atoms. The van der Waals surface area contributed by atoms with Crippen LogP contribution in [0, 0.1) is 0 Å². The lowest BCUT2D eigenvalue weighted by Crippen LogP contribution is -2.47. The maximum Gasteiger partial charge on any atom is 0.326 e. The fraction of sp³-hybridized carbons (Fsp3) is 0.833. The third-order valence-corrected chi connectivity index (χ3v) is 3.05. The number of rotatable bonds is 7. The van der Waals surface area contributed by atoms with E-state index in [-0.39, 0.29) is 19.1 Å². The Balaban J connectivity index is 2.17. The zero-order chi connectivity index (χ0) is 14.1. The molecule has 0 aliphatic carbocycles. The second-order valence-corrected chi connectivity index (χ2v) is 4.58. The molecule has 1 heterocycles. The minimum atomic E-state index is -1.15. The first-order chi connectivity index (χ1) is 9.13. The molecular weight excluding hydrogens is 252 g/mol. The fourth-order valence-corrected chi connectivity index (χ4v) is 1.98. The summed E-state index contributed by atoms with van der Waals surface area (Å²) in [4.78, 5) is 22.2. The van der Waals surface area contributed by atoms with Gasteiger partial charge in [0.05, 0.1) is 6.10 Å². The standard InChI is InChI=1S/C12H22N2O5/c15-7-5-10(11(16)17)14-12(18)13-6-4-9-3-1-2-8-19-9/h9-10,15H,1-8H2,(H,16,17)(H2,13,14,18)/t9?,10-/m0/s1. The lowest BCUT2D eigenvalue weighted by molar-refractivity contribution is -0.139. The zero-order valence-corrected chi connectivity index (χ0v) is 10.9. The normalized spacial score (nSPS) is 20.6. The van der Waals surface area contributed by atoms with E-state index >= 15 is 0 Å². The maximum atomic E-state index is 11.5. The second kappa shape index (κ2) is 8.71. The number of carboxylic acid groups (broad SMARTS) is 1. The van der Waals surface area contributed by atoms with Gasteiger partial charge in [0.1, 0.15) is 6.04 Å². The Labute approximate surface area is 112 Å². The number of ether oxygens (including phenoxy) is 1. The Bertz CT molecular complexity index is 292. The lowest BCUT2D eigenvalue weighted by atomic mass is 10.1. The van der Waals surface area contributed by atoms with E-state index in [0.717, 1.165) is 32.3 Å². The summed E-state index contributed by atoms with van der Waals surface area (Å²) >= 11 is 0. The maximum absolute atomic E-state index is 11.5. The van der Waals surface area contributed by atoms with E-state index in [4.69, 9.17) is 14.9 Å². The van der Waals surface area contributed by atoms with Crippen molar-refractivity contribution in [2.75, 3.05) is 19.8 Å². The molecule has 1 fully saturated rings. The Morgan fingerprint density at radius 1 is 1.37 bits per heavy atom. The highest BCUT2D eigenvalue weighted by Crippen LogP contribution is 2.14. The smallest absolute Gasteiger partial charge is 0.326 e. The molecule has 0 aromatic carbocycles. The van der Waals surface area contributed by atoms with Crippen molar-refractivity contribution in [2.24, 2.45) is 0 Å². The number of amides is 2. The van der Waals surface area contributed by atoms with E-state index in [2.05, 4.69) is 10.6 Å². The number of carboxylic acids is 1. The van der Waals surface area contributed by atoms with E-state index in [9.17, 15) is 9.59 Å². The van der Waals surface area contributed by atoms with Gasteiger partial charge in [-0.15, -0.1) is 0 Å². The number of carbonyl (C=O) groups is 2. The molecule has 0 aromatic rings. The molecule has 1 unspecified atom stereocenters. The molecule has 2 atom stereocenters. The van der Waals surface area contributed by atoms with Gasteiger partial charge >= 0.3 is 12.0 Å². The van der Waals surface area contributed by atoms with Gasteiger partial charge in [0.15, 0.2) is 0 Å². The van der Waals surface area contributed by atoms with Crippen LogP contribution in [0.25, 0.3) is 0 Å². The van der Waals surface area contributed by atoms with E-state index in [1.54, 1.807) is 0 Å². The first-order valence-corrected chi connectivity index (χ1v) is 6.63. The summed E-state index contributed by atoms with van der Waals surface area (Å²) in [5.74, 6) is -1.15. The first kappa shape index (κ1) is 15.7. The van der Waals surface area contributed by atoms with Crippen LogP contribution in [-0.4, -0.2) is 54.1 Å². The van der Waals surface area contributed by atoms with Gasteiger partial charge in [-0.25, -0.2) is 9.59 Å². The van der Waals surface area contributed by atoms with Gasteiger partial charge in [-0.2, -0.15) is 0 Å². The second-order valence-electron chi connectivity index (χ2n) is 4.58. The summed E-state index contributed by atoms with van der Waals surface area (Å²) in [7, 11) is 0. The summed E-state index contributed by atoms with van der Waals surface area (Å²) in [5, 5.41) is 22.4. The summed E-state index contributed by atoms with van der Waals surface area (Å²) in [6, 6.07) is -1.59. The van der Waals surface area contributed by atoms with Crippen LogP contribution in [0.15, 0.2) is 0 Å². The van der Waals surface area contributed by atoms with Crippen molar-refractivity contribution in [3.63, 3.8) is 0 Å². The van der Waals surface area contributed by atoms with Gasteiger partial charge < -0.3 is 25.6 Å². The molecule has 0 saturated carbocycles. The van der Waals surface area contributed by atoms with Gasteiger partial charge in [-0.05, 0) is 25.7 Å². The van der Waals surface area contributed by atoms with Crippen LogP contribution in [0.3, 0.4) is 0 Å². The van der Waals surface area contributed by atoms with Crippen LogP contribution >= 0.6 is 0 Å². The average molecular weight is 274 g/mol. The van der Waals surface area contributed by atoms with Crippen molar-refractivity contribution in [3.8, 4) is 0 Å². The van der Waals surface area contributed by atoms with Crippen molar-refractivity contribution < 1.29 is 24.5 Å². The molecule has 7 heteroatoms. The van der Waals surface area contributed by atoms with Crippen molar-refractivity contribution in [1.82, 2.24) is 10.6 Å². The molecule has 0 bridgehead atoms. The summed E-state index contributed by atoms with van der Waals surface area (Å²) in [6.07, 6.45) is 4.15. The molecule has 1 rings (SSSR count). The van der Waals surface area contributed by atoms with E-state index in [0.29, 0.717) is 6.54 Å². The molecule has 2 amide bonds. The predicted molar refractivity (Wildman–Crippen MR) is 67.9 cm³/mol. The average Bonchev–Trinajstić information content (AvgIpc) is 2.39. The first-order valence-electron chi connectivity index (χ1n) is 6.63. The zero-order valence-electron chi connectivity index (χ0n) is 10.9. The summed E-state index contributed by atoms with van der Waals surface area (Å²) in [6.45, 7) is 0.934. The largest absolute Gasteiger partial charge is 0.480 e. The van der Waals surface area contributed by atoms with E-state index in [1.807, 2.05) is 0 Å². The van der Waals surface area contributed by atoms with Crippen molar-refractivity contribution in [2.45, 2.75) is 44.2 Å². The minimum Gasteiger partial charge on any atom is -0.480 e. The molecule has 1 aliphatic rings. The number of aliphatic hydroxyl groups excluding tert-OH is 1. The molecule has 7 nitrogen and oxygen atoms in total. The molecule has 0 radical (unpaired) electrons.